The fraction of sp³-hybridized carbons (Fsp3) is 0.214. The predicted molar refractivity (Wildman–Crippen MR) is 96.7 cm³/mol. The first-order valence-corrected chi connectivity index (χ1v) is 9.72. The smallest absolute Gasteiger partial charge is 0.267 e. The van der Waals surface area contributed by atoms with Crippen molar-refractivity contribution in [3.8, 4) is 10.6 Å². The highest BCUT2D eigenvalue weighted by molar-refractivity contribution is 8.01. The van der Waals surface area contributed by atoms with Crippen LogP contribution < -0.4 is 10.9 Å². The van der Waals surface area contributed by atoms with Crippen LogP contribution in [0.25, 0.3) is 10.6 Å². The Kier molecular flexibility index (Phi) is 5.38. The Hall–Kier alpha value is -2.04. The van der Waals surface area contributed by atoms with Gasteiger partial charge in [-0.05, 0) is 23.3 Å². The second-order valence-electron chi connectivity index (χ2n) is 4.55. The fourth-order valence-corrected chi connectivity index (χ4v) is 4.21. The van der Waals surface area contributed by atoms with Crippen molar-refractivity contribution in [1.82, 2.24) is 20.0 Å². The van der Waals surface area contributed by atoms with Crippen LogP contribution in [-0.2, 0) is 11.3 Å². The minimum absolute atomic E-state index is 0.173. The molecule has 0 saturated heterocycles. The van der Waals surface area contributed by atoms with Gasteiger partial charge >= 0.3 is 0 Å². The molecule has 3 aromatic heterocycles. The van der Waals surface area contributed by atoms with Crippen molar-refractivity contribution in [2.45, 2.75) is 17.8 Å². The molecule has 1 amide bonds. The molecule has 0 fully saturated rings. The molecule has 3 rings (SSSR count). The van der Waals surface area contributed by atoms with Crippen LogP contribution in [0.5, 0.6) is 0 Å². The molecule has 0 saturated carbocycles. The maximum atomic E-state index is 12.1. The third kappa shape index (κ3) is 4.08. The van der Waals surface area contributed by atoms with Gasteiger partial charge in [-0.3, -0.25) is 14.9 Å². The molecule has 0 unspecified atom stereocenters. The van der Waals surface area contributed by atoms with Gasteiger partial charge in [0.15, 0.2) is 4.34 Å². The lowest BCUT2D eigenvalue weighted by Gasteiger charge is -2.05. The molecule has 10 heteroatoms. The Labute approximate surface area is 149 Å². The van der Waals surface area contributed by atoms with Crippen molar-refractivity contribution in [1.29, 1.82) is 0 Å². The number of hydrogen-bond acceptors (Lipinski definition) is 8. The molecular weight excluding hydrogens is 366 g/mol. The second-order valence-corrected chi connectivity index (χ2v) is 7.98. The summed E-state index contributed by atoms with van der Waals surface area (Å²) in [5, 5.41) is 17.1. The zero-order chi connectivity index (χ0) is 16.9. The van der Waals surface area contributed by atoms with Gasteiger partial charge in [0.2, 0.25) is 11.0 Å². The van der Waals surface area contributed by atoms with Crippen LogP contribution in [0, 0.1) is 0 Å². The SMILES string of the molecule is CCSc1nnc(NC(=O)Cn2nc(-c3cccs3)ccc2=O)s1. The van der Waals surface area contributed by atoms with Gasteiger partial charge in [0.1, 0.15) is 12.2 Å². The van der Waals surface area contributed by atoms with Crippen molar-refractivity contribution in [2.75, 3.05) is 11.1 Å². The van der Waals surface area contributed by atoms with Gasteiger partial charge < -0.3 is 0 Å². The van der Waals surface area contributed by atoms with Gasteiger partial charge in [0, 0.05) is 6.07 Å². The van der Waals surface area contributed by atoms with E-state index in [0.29, 0.717) is 10.8 Å². The second kappa shape index (κ2) is 7.69. The zero-order valence-electron chi connectivity index (χ0n) is 12.6. The third-order valence-electron chi connectivity index (χ3n) is 2.85. The lowest BCUT2D eigenvalue weighted by Crippen LogP contribution is -2.29. The number of thiophene rings is 1. The summed E-state index contributed by atoms with van der Waals surface area (Å²) < 4.78 is 1.94. The monoisotopic (exact) mass is 379 g/mol. The van der Waals surface area contributed by atoms with Gasteiger partial charge in [0.25, 0.3) is 5.56 Å². The highest BCUT2D eigenvalue weighted by atomic mass is 32.2. The van der Waals surface area contributed by atoms with Crippen LogP contribution in [0.15, 0.2) is 38.8 Å². The molecule has 0 aliphatic rings. The lowest BCUT2D eigenvalue weighted by atomic mass is 10.3. The molecule has 0 radical (unpaired) electrons. The van der Waals surface area contributed by atoms with E-state index < -0.39 is 0 Å². The third-order valence-corrected chi connectivity index (χ3v) is 5.60. The van der Waals surface area contributed by atoms with Crippen molar-refractivity contribution in [3.63, 3.8) is 0 Å². The van der Waals surface area contributed by atoms with Crippen molar-refractivity contribution in [3.05, 3.63) is 40.0 Å². The van der Waals surface area contributed by atoms with Crippen LogP contribution in [-0.4, -0.2) is 31.6 Å². The Morgan fingerprint density at radius 2 is 2.21 bits per heavy atom. The number of carbonyl (C=O) groups is 1. The van der Waals surface area contributed by atoms with Crippen molar-refractivity contribution in [2.24, 2.45) is 0 Å². The van der Waals surface area contributed by atoms with E-state index in [1.165, 1.54) is 28.7 Å². The minimum atomic E-state index is -0.364. The fourth-order valence-electron chi connectivity index (χ4n) is 1.85. The molecule has 0 bridgehead atoms. The summed E-state index contributed by atoms with van der Waals surface area (Å²) in [6.45, 7) is 1.84. The van der Waals surface area contributed by atoms with E-state index in [9.17, 15) is 9.59 Å². The highest BCUT2D eigenvalue weighted by Gasteiger charge is 2.11. The quantitative estimate of drug-likeness (QED) is 0.523. The molecule has 0 aromatic carbocycles. The van der Waals surface area contributed by atoms with Crippen molar-refractivity contribution >= 4 is 45.5 Å². The molecular formula is C14H13N5O2S3. The van der Waals surface area contributed by atoms with Gasteiger partial charge in [-0.25, -0.2) is 4.68 Å². The Morgan fingerprint density at radius 3 is 2.96 bits per heavy atom. The summed E-state index contributed by atoms with van der Waals surface area (Å²) in [5.41, 5.74) is 0.333. The highest BCUT2D eigenvalue weighted by Crippen LogP contribution is 2.25. The Bertz CT molecular complexity index is 888. The number of hydrogen-bond donors (Lipinski definition) is 1. The summed E-state index contributed by atoms with van der Waals surface area (Å²) in [6, 6.07) is 6.89. The van der Waals surface area contributed by atoms with Crippen LogP contribution >= 0.6 is 34.4 Å². The van der Waals surface area contributed by atoms with E-state index >= 15 is 0 Å². The van der Waals surface area contributed by atoms with E-state index in [-0.39, 0.29) is 18.0 Å². The molecule has 0 spiro atoms. The van der Waals surface area contributed by atoms with Crippen molar-refractivity contribution < 1.29 is 4.79 Å². The van der Waals surface area contributed by atoms with E-state index in [2.05, 4.69) is 20.6 Å². The van der Waals surface area contributed by atoms with Crippen LogP contribution in [0.4, 0.5) is 5.13 Å². The molecule has 0 aliphatic carbocycles. The average Bonchev–Trinajstić information content (AvgIpc) is 3.22. The summed E-state index contributed by atoms with van der Waals surface area (Å²) in [4.78, 5) is 25.0. The molecule has 3 aromatic rings. The zero-order valence-corrected chi connectivity index (χ0v) is 15.1. The number of amides is 1. The van der Waals surface area contributed by atoms with Crippen LogP contribution in [0.2, 0.25) is 0 Å². The normalized spacial score (nSPS) is 10.7. The van der Waals surface area contributed by atoms with Crippen LogP contribution in [0.1, 0.15) is 6.92 Å². The molecule has 7 nitrogen and oxygen atoms in total. The molecule has 0 atom stereocenters. The van der Waals surface area contributed by atoms with Crippen LogP contribution in [0.3, 0.4) is 0 Å². The molecule has 24 heavy (non-hydrogen) atoms. The van der Waals surface area contributed by atoms with Gasteiger partial charge in [-0.15, -0.1) is 21.5 Å². The minimum Gasteiger partial charge on any atom is -0.299 e. The molecule has 3 heterocycles. The number of nitrogens with zero attached hydrogens (tertiary/aromatic N) is 4. The summed E-state index contributed by atoms with van der Waals surface area (Å²) in [7, 11) is 0. The number of nitrogens with one attached hydrogen (secondary N) is 1. The first-order valence-electron chi connectivity index (χ1n) is 7.04. The van der Waals surface area contributed by atoms with E-state index in [4.69, 9.17) is 0 Å². The number of anilines is 1. The summed E-state index contributed by atoms with van der Waals surface area (Å²) in [5.74, 6) is 0.523. The van der Waals surface area contributed by atoms with Gasteiger partial charge in [0.05, 0.1) is 4.88 Å². The maximum absolute atomic E-state index is 12.1. The Morgan fingerprint density at radius 1 is 1.33 bits per heavy atom. The first-order chi connectivity index (χ1) is 11.7. The maximum Gasteiger partial charge on any atom is 0.267 e. The standard InChI is InChI=1S/C14H13N5O2S3/c1-2-22-14-17-16-13(24-14)15-11(20)8-19-12(21)6-5-9(18-19)10-4-3-7-23-10/h3-7H,2,8H2,1H3,(H,15,16,20). The molecule has 0 aliphatic heterocycles. The van der Waals surface area contributed by atoms with E-state index in [0.717, 1.165) is 19.7 Å². The number of carbonyl (C=O) groups excluding carboxylic acids is 1. The summed E-state index contributed by atoms with van der Waals surface area (Å²) in [6.07, 6.45) is 0. The number of rotatable bonds is 6. The Balaban J connectivity index is 1.71. The largest absolute Gasteiger partial charge is 0.299 e. The molecule has 124 valence electrons. The van der Waals surface area contributed by atoms with E-state index in [1.807, 2.05) is 24.4 Å². The van der Waals surface area contributed by atoms with Gasteiger partial charge in [-0.2, -0.15) is 5.10 Å². The number of aromatic nitrogens is 4. The lowest BCUT2D eigenvalue weighted by molar-refractivity contribution is -0.117. The predicted octanol–water partition coefficient (Wildman–Crippen LogP) is 2.57. The summed E-state index contributed by atoms with van der Waals surface area (Å²) >= 11 is 4.38. The van der Waals surface area contributed by atoms with E-state index in [1.54, 1.807) is 17.8 Å². The molecule has 1 N–H and O–H groups in total. The van der Waals surface area contributed by atoms with Gasteiger partial charge in [-0.1, -0.05) is 36.1 Å². The number of thioether (sulfide) groups is 1. The first kappa shape index (κ1) is 16.8. The average molecular weight is 379 g/mol. The topological polar surface area (TPSA) is 89.8 Å².